The summed E-state index contributed by atoms with van der Waals surface area (Å²) in [6.45, 7) is 7.34. The molecule has 1 unspecified atom stereocenters. The van der Waals surface area contributed by atoms with E-state index in [1.54, 1.807) is 12.1 Å². The van der Waals surface area contributed by atoms with Crippen molar-refractivity contribution in [3.05, 3.63) is 29.8 Å². The van der Waals surface area contributed by atoms with Gasteiger partial charge in [0.25, 0.3) is 0 Å². The van der Waals surface area contributed by atoms with Crippen LogP contribution in [0.3, 0.4) is 0 Å². The third-order valence-corrected chi connectivity index (χ3v) is 2.85. The molecule has 0 saturated heterocycles. The molecular weight excluding hydrogens is 200 g/mol. The van der Waals surface area contributed by atoms with Gasteiger partial charge in [-0.3, -0.25) is 0 Å². The minimum absolute atomic E-state index is 0.275. The van der Waals surface area contributed by atoms with Crippen molar-refractivity contribution >= 4 is 0 Å². The monoisotopic (exact) mass is 222 g/mol. The number of aromatic hydroxyl groups is 1. The standard InChI is InChI=1S/C13H22N2O/c1-4-15(3)9-8-14-11(2)12-6-5-7-13(16)10-12/h5-7,10-11,14,16H,4,8-9H2,1-3H3. The second-order valence-corrected chi connectivity index (χ2v) is 4.17. The number of benzene rings is 1. The lowest BCUT2D eigenvalue weighted by Gasteiger charge is -2.18. The molecule has 0 amide bonds. The molecule has 1 rings (SSSR count). The third-order valence-electron chi connectivity index (χ3n) is 2.85. The zero-order valence-corrected chi connectivity index (χ0v) is 10.4. The molecule has 1 aromatic carbocycles. The first-order valence-corrected chi connectivity index (χ1v) is 5.84. The molecule has 90 valence electrons. The zero-order valence-electron chi connectivity index (χ0n) is 10.4. The fourth-order valence-electron chi connectivity index (χ4n) is 1.54. The number of nitrogens with one attached hydrogen (secondary N) is 1. The minimum atomic E-state index is 0.275. The van der Waals surface area contributed by atoms with Crippen molar-refractivity contribution in [3.8, 4) is 5.75 Å². The number of hydrogen-bond donors (Lipinski definition) is 2. The van der Waals surface area contributed by atoms with E-state index in [4.69, 9.17) is 0 Å². The molecule has 0 aliphatic rings. The molecule has 0 heterocycles. The number of likely N-dealkylation sites (N-methyl/N-ethyl adjacent to an activating group) is 1. The van der Waals surface area contributed by atoms with E-state index in [9.17, 15) is 5.11 Å². The van der Waals surface area contributed by atoms with Crippen LogP contribution in [0.4, 0.5) is 0 Å². The van der Waals surface area contributed by atoms with Crippen LogP contribution in [0.2, 0.25) is 0 Å². The van der Waals surface area contributed by atoms with Gasteiger partial charge in [0.05, 0.1) is 0 Å². The van der Waals surface area contributed by atoms with Gasteiger partial charge in [0.2, 0.25) is 0 Å². The summed E-state index contributed by atoms with van der Waals surface area (Å²) in [5.41, 5.74) is 1.12. The second kappa shape index (κ2) is 6.51. The fourth-order valence-corrected chi connectivity index (χ4v) is 1.54. The van der Waals surface area contributed by atoms with E-state index in [1.807, 2.05) is 12.1 Å². The van der Waals surface area contributed by atoms with Gasteiger partial charge in [-0.1, -0.05) is 19.1 Å². The Hall–Kier alpha value is -1.06. The van der Waals surface area contributed by atoms with Crippen molar-refractivity contribution in [2.24, 2.45) is 0 Å². The fraction of sp³-hybridized carbons (Fsp3) is 0.538. The predicted octanol–water partition coefficient (Wildman–Crippen LogP) is 1.99. The van der Waals surface area contributed by atoms with Gasteiger partial charge in [-0.15, -0.1) is 0 Å². The highest BCUT2D eigenvalue weighted by atomic mass is 16.3. The van der Waals surface area contributed by atoms with Gasteiger partial charge in [0.1, 0.15) is 5.75 Å². The lowest BCUT2D eigenvalue weighted by Crippen LogP contribution is -2.30. The summed E-state index contributed by atoms with van der Waals surface area (Å²) >= 11 is 0. The highest BCUT2D eigenvalue weighted by Gasteiger charge is 2.05. The maximum Gasteiger partial charge on any atom is 0.115 e. The van der Waals surface area contributed by atoms with Crippen LogP contribution in [0.5, 0.6) is 5.75 Å². The van der Waals surface area contributed by atoms with E-state index in [0.717, 1.165) is 25.2 Å². The molecule has 0 fully saturated rings. The van der Waals surface area contributed by atoms with Crippen molar-refractivity contribution in [2.75, 3.05) is 26.7 Å². The smallest absolute Gasteiger partial charge is 0.115 e. The molecule has 3 heteroatoms. The van der Waals surface area contributed by atoms with Gasteiger partial charge in [0, 0.05) is 19.1 Å². The van der Waals surface area contributed by atoms with E-state index < -0.39 is 0 Å². The largest absolute Gasteiger partial charge is 0.508 e. The van der Waals surface area contributed by atoms with Crippen molar-refractivity contribution in [1.82, 2.24) is 10.2 Å². The average molecular weight is 222 g/mol. The summed E-state index contributed by atoms with van der Waals surface area (Å²) < 4.78 is 0. The van der Waals surface area contributed by atoms with E-state index in [-0.39, 0.29) is 6.04 Å². The average Bonchev–Trinajstić information content (AvgIpc) is 2.28. The van der Waals surface area contributed by atoms with Crippen LogP contribution in [-0.4, -0.2) is 36.7 Å². The first-order valence-electron chi connectivity index (χ1n) is 5.84. The molecule has 0 saturated carbocycles. The Morgan fingerprint density at radius 1 is 1.44 bits per heavy atom. The van der Waals surface area contributed by atoms with E-state index in [2.05, 4.69) is 31.1 Å². The van der Waals surface area contributed by atoms with Gasteiger partial charge in [-0.2, -0.15) is 0 Å². The Morgan fingerprint density at radius 3 is 2.81 bits per heavy atom. The summed E-state index contributed by atoms with van der Waals surface area (Å²) in [4.78, 5) is 2.27. The first kappa shape index (κ1) is 13.0. The summed E-state index contributed by atoms with van der Waals surface area (Å²) in [5, 5.41) is 12.8. The molecule has 1 aromatic rings. The van der Waals surface area contributed by atoms with Gasteiger partial charge in [-0.05, 0) is 38.2 Å². The molecule has 0 aromatic heterocycles. The highest BCUT2D eigenvalue weighted by molar-refractivity contribution is 5.28. The number of phenols is 1. The molecule has 0 aliphatic heterocycles. The Morgan fingerprint density at radius 2 is 2.19 bits per heavy atom. The SMILES string of the molecule is CCN(C)CCNC(C)c1cccc(O)c1. The first-order chi connectivity index (χ1) is 7.63. The number of hydrogen-bond acceptors (Lipinski definition) is 3. The Labute approximate surface area is 98.1 Å². The topological polar surface area (TPSA) is 35.5 Å². The summed E-state index contributed by atoms with van der Waals surface area (Å²) in [5.74, 6) is 0.330. The van der Waals surface area contributed by atoms with E-state index in [0.29, 0.717) is 5.75 Å². The van der Waals surface area contributed by atoms with Crippen molar-refractivity contribution in [1.29, 1.82) is 0 Å². The van der Waals surface area contributed by atoms with Crippen molar-refractivity contribution in [2.45, 2.75) is 19.9 Å². The number of nitrogens with zero attached hydrogens (tertiary/aromatic N) is 1. The quantitative estimate of drug-likeness (QED) is 0.772. The second-order valence-electron chi connectivity index (χ2n) is 4.17. The Kier molecular flexibility index (Phi) is 5.29. The molecule has 0 aliphatic carbocycles. The van der Waals surface area contributed by atoms with Gasteiger partial charge in [0.15, 0.2) is 0 Å². The van der Waals surface area contributed by atoms with E-state index >= 15 is 0 Å². The Bertz CT molecular complexity index is 315. The van der Waals surface area contributed by atoms with Crippen LogP contribution in [0, 0.1) is 0 Å². The van der Waals surface area contributed by atoms with Gasteiger partial charge < -0.3 is 15.3 Å². The van der Waals surface area contributed by atoms with Crippen molar-refractivity contribution < 1.29 is 5.11 Å². The van der Waals surface area contributed by atoms with Gasteiger partial charge >= 0.3 is 0 Å². The van der Waals surface area contributed by atoms with Crippen LogP contribution >= 0.6 is 0 Å². The summed E-state index contributed by atoms with van der Waals surface area (Å²) in [6.07, 6.45) is 0. The van der Waals surface area contributed by atoms with Crippen LogP contribution in [0.1, 0.15) is 25.5 Å². The molecule has 2 N–H and O–H groups in total. The molecular formula is C13H22N2O. The molecule has 1 atom stereocenters. The molecule has 0 radical (unpaired) electrons. The normalized spacial score (nSPS) is 13.0. The number of phenolic OH excluding ortho intramolecular Hbond substituents is 1. The summed E-state index contributed by atoms with van der Waals surface area (Å²) in [6, 6.07) is 7.68. The molecule has 16 heavy (non-hydrogen) atoms. The van der Waals surface area contributed by atoms with Crippen LogP contribution < -0.4 is 5.32 Å². The maximum absolute atomic E-state index is 9.38. The zero-order chi connectivity index (χ0) is 12.0. The third kappa shape index (κ3) is 4.21. The molecule has 3 nitrogen and oxygen atoms in total. The van der Waals surface area contributed by atoms with Crippen molar-refractivity contribution in [3.63, 3.8) is 0 Å². The molecule has 0 spiro atoms. The van der Waals surface area contributed by atoms with Crippen LogP contribution in [0.15, 0.2) is 24.3 Å². The van der Waals surface area contributed by atoms with Crippen LogP contribution in [0.25, 0.3) is 0 Å². The molecule has 0 bridgehead atoms. The highest BCUT2D eigenvalue weighted by Crippen LogP contribution is 2.17. The van der Waals surface area contributed by atoms with E-state index in [1.165, 1.54) is 0 Å². The minimum Gasteiger partial charge on any atom is -0.508 e. The lowest BCUT2D eigenvalue weighted by atomic mass is 10.1. The van der Waals surface area contributed by atoms with Crippen LogP contribution in [-0.2, 0) is 0 Å². The Balaban J connectivity index is 2.38. The van der Waals surface area contributed by atoms with Gasteiger partial charge in [-0.25, -0.2) is 0 Å². The predicted molar refractivity (Wildman–Crippen MR) is 67.7 cm³/mol. The lowest BCUT2D eigenvalue weighted by molar-refractivity contribution is 0.342. The number of rotatable bonds is 6. The maximum atomic E-state index is 9.38. The summed E-state index contributed by atoms with van der Waals surface area (Å²) in [7, 11) is 2.11.